The van der Waals surface area contributed by atoms with E-state index < -0.39 is 0 Å². The highest BCUT2D eigenvalue weighted by Gasteiger charge is 2.15. The summed E-state index contributed by atoms with van der Waals surface area (Å²) in [4.78, 5) is 1.32. The molecular weight excluding hydrogens is 252 g/mol. The number of hydrogen-bond donors (Lipinski definition) is 1. The maximum atomic E-state index is 8.97. The molecule has 3 heteroatoms. The summed E-state index contributed by atoms with van der Waals surface area (Å²) in [6.45, 7) is 8.08. The van der Waals surface area contributed by atoms with E-state index in [9.17, 15) is 0 Å². The van der Waals surface area contributed by atoms with Gasteiger partial charge < -0.3 is 5.32 Å². The molecule has 0 aromatic heterocycles. The molecule has 0 atom stereocenters. The summed E-state index contributed by atoms with van der Waals surface area (Å²) in [6.07, 6.45) is 2.05. The quantitative estimate of drug-likeness (QED) is 0.570. The first-order valence-corrected chi connectivity index (χ1v) is 7.89. The van der Waals surface area contributed by atoms with Crippen LogP contribution in [-0.2, 0) is 6.54 Å². The van der Waals surface area contributed by atoms with E-state index in [1.807, 2.05) is 25.6 Å². The smallest absolute Gasteiger partial charge is 0.0683 e. The van der Waals surface area contributed by atoms with Crippen LogP contribution in [0.25, 0.3) is 0 Å². The van der Waals surface area contributed by atoms with Crippen LogP contribution in [0.4, 0.5) is 0 Å². The molecule has 0 aliphatic rings. The third-order valence-electron chi connectivity index (χ3n) is 3.00. The topological polar surface area (TPSA) is 35.8 Å². The number of hydrogen-bond acceptors (Lipinski definition) is 3. The fourth-order valence-corrected chi connectivity index (χ4v) is 2.71. The van der Waals surface area contributed by atoms with Crippen LogP contribution in [0.5, 0.6) is 0 Å². The van der Waals surface area contributed by atoms with Crippen LogP contribution in [0.2, 0.25) is 0 Å². The van der Waals surface area contributed by atoms with Crippen LogP contribution in [0, 0.1) is 16.7 Å². The summed E-state index contributed by atoms with van der Waals surface area (Å²) in [5, 5.41) is 12.3. The number of nitrogens with one attached hydrogen (secondary N) is 1. The van der Waals surface area contributed by atoms with Crippen molar-refractivity contribution in [3.8, 4) is 6.07 Å². The van der Waals surface area contributed by atoms with Gasteiger partial charge >= 0.3 is 0 Å². The van der Waals surface area contributed by atoms with E-state index in [4.69, 9.17) is 5.26 Å². The number of benzene rings is 1. The number of rotatable bonds is 8. The molecular formula is C16H24N2S. The molecule has 0 saturated heterocycles. The van der Waals surface area contributed by atoms with Crippen LogP contribution in [0.1, 0.15) is 39.2 Å². The Morgan fingerprint density at radius 3 is 2.84 bits per heavy atom. The van der Waals surface area contributed by atoms with Crippen molar-refractivity contribution in [2.24, 2.45) is 5.41 Å². The summed E-state index contributed by atoms with van der Waals surface area (Å²) in [6, 6.07) is 11.0. The van der Waals surface area contributed by atoms with Crippen molar-refractivity contribution in [1.29, 1.82) is 5.26 Å². The zero-order valence-electron chi connectivity index (χ0n) is 12.2. The lowest BCUT2D eigenvalue weighted by molar-refractivity contribution is 0.448. The minimum Gasteiger partial charge on any atom is -0.313 e. The molecule has 104 valence electrons. The van der Waals surface area contributed by atoms with Gasteiger partial charge in [0.05, 0.1) is 11.5 Å². The minimum atomic E-state index is -0.187. The average molecular weight is 276 g/mol. The number of nitrogens with zero attached hydrogens (tertiary/aromatic N) is 1. The molecule has 0 amide bonds. The molecule has 0 aliphatic carbocycles. The molecule has 0 spiro atoms. The molecule has 2 nitrogen and oxygen atoms in total. The van der Waals surface area contributed by atoms with E-state index in [-0.39, 0.29) is 5.41 Å². The highest BCUT2D eigenvalue weighted by atomic mass is 32.2. The lowest BCUT2D eigenvalue weighted by atomic mass is 9.90. The van der Waals surface area contributed by atoms with Gasteiger partial charge in [0.2, 0.25) is 0 Å². The Morgan fingerprint density at radius 1 is 1.37 bits per heavy atom. The fourth-order valence-electron chi connectivity index (χ4n) is 1.77. The molecule has 1 aromatic rings. The van der Waals surface area contributed by atoms with Crippen molar-refractivity contribution < 1.29 is 0 Å². The van der Waals surface area contributed by atoms with Crippen molar-refractivity contribution in [2.75, 3.05) is 12.3 Å². The standard InChI is InChI=1S/C16H24N2S/c1-4-18-12-14-7-5-8-15(11-14)19-10-6-9-16(2,3)13-17/h5,7-8,11,18H,4,6,9-10,12H2,1-3H3. The van der Waals surface area contributed by atoms with Gasteiger partial charge in [0.1, 0.15) is 0 Å². The monoisotopic (exact) mass is 276 g/mol. The zero-order valence-corrected chi connectivity index (χ0v) is 13.0. The Labute approximate surface area is 121 Å². The van der Waals surface area contributed by atoms with Gasteiger partial charge in [-0.2, -0.15) is 5.26 Å². The van der Waals surface area contributed by atoms with Gasteiger partial charge in [0.25, 0.3) is 0 Å². The molecule has 0 heterocycles. The van der Waals surface area contributed by atoms with Crippen molar-refractivity contribution in [2.45, 2.75) is 45.1 Å². The summed E-state index contributed by atoms with van der Waals surface area (Å²) >= 11 is 1.88. The van der Waals surface area contributed by atoms with Crippen LogP contribution < -0.4 is 5.32 Å². The highest BCUT2D eigenvalue weighted by molar-refractivity contribution is 7.99. The number of thioether (sulfide) groups is 1. The predicted octanol–water partition coefficient (Wildman–Crippen LogP) is 4.22. The SMILES string of the molecule is CCNCc1cccc(SCCCC(C)(C)C#N)c1. The Morgan fingerprint density at radius 2 is 2.16 bits per heavy atom. The molecule has 0 aliphatic heterocycles. The van der Waals surface area contributed by atoms with Crippen LogP contribution in [-0.4, -0.2) is 12.3 Å². The molecule has 19 heavy (non-hydrogen) atoms. The second-order valence-corrected chi connectivity index (χ2v) is 6.54. The third kappa shape index (κ3) is 6.66. The van der Waals surface area contributed by atoms with Crippen LogP contribution in [0.15, 0.2) is 29.2 Å². The molecule has 0 unspecified atom stereocenters. The molecule has 0 saturated carbocycles. The first kappa shape index (κ1) is 16.1. The van der Waals surface area contributed by atoms with Gasteiger partial charge in [0, 0.05) is 11.4 Å². The van der Waals surface area contributed by atoms with Crippen molar-refractivity contribution in [3.63, 3.8) is 0 Å². The largest absolute Gasteiger partial charge is 0.313 e. The average Bonchev–Trinajstić information content (AvgIpc) is 2.42. The van der Waals surface area contributed by atoms with E-state index in [0.29, 0.717) is 0 Å². The second kappa shape index (κ2) is 8.24. The molecule has 0 bridgehead atoms. The summed E-state index contributed by atoms with van der Waals surface area (Å²) in [5.74, 6) is 1.08. The predicted molar refractivity (Wildman–Crippen MR) is 83.2 cm³/mol. The van der Waals surface area contributed by atoms with E-state index in [1.54, 1.807) is 0 Å². The van der Waals surface area contributed by atoms with Crippen molar-refractivity contribution in [3.05, 3.63) is 29.8 Å². The first-order chi connectivity index (χ1) is 9.07. The Kier molecular flexibility index (Phi) is 6.97. The Balaban J connectivity index is 2.35. The first-order valence-electron chi connectivity index (χ1n) is 6.91. The van der Waals surface area contributed by atoms with Gasteiger partial charge in [-0.1, -0.05) is 19.1 Å². The summed E-state index contributed by atoms with van der Waals surface area (Å²) in [7, 11) is 0. The molecule has 1 aromatic carbocycles. The van der Waals surface area contributed by atoms with E-state index in [1.165, 1.54) is 10.5 Å². The maximum absolute atomic E-state index is 8.97. The lowest BCUT2D eigenvalue weighted by Gasteiger charge is -2.14. The highest BCUT2D eigenvalue weighted by Crippen LogP contribution is 2.25. The van der Waals surface area contributed by atoms with Gasteiger partial charge in [-0.15, -0.1) is 11.8 Å². The van der Waals surface area contributed by atoms with Gasteiger partial charge in [-0.05, 0) is 56.7 Å². The Hall–Kier alpha value is -0.980. The third-order valence-corrected chi connectivity index (χ3v) is 4.08. The fraction of sp³-hybridized carbons (Fsp3) is 0.562. The molecule has 1 N–H and O–H groups in total. The minimum absolute atomic E-state index is 0.187. The van der Waals surface area contributed by atoms with E-state index in [2.05, 4.69) is 42.6 Å². The van der Waals surface area contributed by atoms with Crippen LogP contribution >= 0.6 is 11.8 Å². The van der Waals surface area contributed by atoms with Gasteiger partial charge in [0.15, 0.2) is 0 Å². The zero-order chi connectivity index (χ0) is 14.1. The number of nitriles is 1. The summed E-state index contributed by atoms with van der Waals surface area (Å²) < 4.78 is 0. The van der Waals surface area contributed by atoms with Crippen LogP contribution in [0.3, 0.4) is 0 Å². The van der Waals surface area contributed by atoms with E-state index in [0.717, 1.165) is 31.7 Å². The van der Waals surface area contributed by atoms with Crippen molar-refractivity contribution in [1.82, 2.24) is 5.32 Å². The van der Waals surface area contributed by atoms with Crippen molar-refractivity contribution >= 4 is 11.8 Å². The van der Waals surface area contributed by atoms with Gasteiger partial charge in [-0.25, -0.2) is 0 Å². The lowest BCUT2D eigenvalue weighted by Crippen LogP contribution is -2.11. The molecule has 1 rings (SSSR count). The molecule has 0 radical (unpaired) electrons. The molecule has 0 fully saturated rings. The van der Waals surface area contributed by atoms with Gasteiger partial charge in [-0.3, -0.25) is 0 Å². The summed E-state index contributed by atoms with van der Waals surface area (Å²) in [5.41, 5.74) is 1.15. The maximum Gasteiger partial charge on any atom is 0.0683 e. The van der Waals surface area contributed by atoms with E-state index >= 15 is 0 Å². The normalized spacial score (nSPS) is 11.3. The Bertz CT molecular complexity index is 421. The second-order valence-electron chi connectivity index (χ2n) is 5.38.